The van der Waals surface area contributed by atoms with Crippen molar-refractivity contribution >= 4 is 33.4 Å². The Kier molecular flexibility index (Phi) is 4.99. The van der Waals surface area contributed by atoms with Gasteiger partial charge in [0.25, 0.3) is 0 Å². The Labute approximate surface area is 127 Å². The first kappa shape index (κ1) is 15.3. The summed E-state index contributed by atoms with van der Waals surface area (Å²) in [6.07, 6.45) is 0. The monoisotopic (exact) mass is 361 g/mol. The number of hydrogen-bond donors (Lipinski definition) is 1. The van der Waals surface area contributed by atoms with Crippen LogP contribution in [0.1, 0.15) is 5.56 Å². The van der Waals surface area contributed by atoms with Crippen molar-refractivity contribution in [3.63, 3.8) is 0 Å². The van der Waals surface area contributed by atoms with Gasteiger partial charge in [0.15, 0.2) is 0 Å². The fraction of sp³-hybridized carbons (Fsp3) is 0.143. The molecule has 1 nitrogen and oxygen atoms in total. The highest BCUT2D eigenvalue weighted by atomic mass is 79.9. The second-order valence-electron chi connectivity index (χ2n) is 4.05. The van der Waals surface area contributed by atoms with Crippen molar-refractivity contribution in [2.45, 2.75) is 16.9 Å². The van der Waals surface area contributed by atoms with E-state index in [0.717, 1.165) is 15.7 Å². The van der Waals surface area contributed by atoms with E-state index in [-0.39, 0.29) is 16.7 Å². The van der Waals surface area contributed by atoms with Crippen LogP contribution in [0.4, 0.5) is 18.9 Å². The van der Waals surface area contributed by atoms with Crippen LogP contribution in [0.3, 0.4) is 0 Å². The number of thioether (sulfide) groups is 1. The average Bonchev–Trinajstić information content (AvgIpc) is 2.38. The van der Waals surface area contributed by atoms with Gasteiger partial charge in [-0.05, 0) is 53.7 Å². The van der Waals surface area contributed by atoms with Crippen LogP contribution in [0.5, 0.6) is 0 Å². The third-order valence-corrected chi connectivity index (χ3v) is 3.77. The molecular weight excluding hydrogens is 351 g/mol. The molecule has 0 aliphatic carbocycles. The minimum atomic E-state index is -4.24. The zero-order valence-electron chi connectivity index (χ0n) is 10.2. The number of anilines is 1. The summed E-state index contributed by atoms with van der Waals surface area (Å²) in [6, 6.07) is 14.1. The Balaban J connectivity index is 1.92. The SMILES string of the molecule is FC(F)(F)Sc1ccc(CNc2ccc(Br)cc2)cc1. The fourth-order valence-electron chi connectivity index (χ4n) is 1.58. The summed E-state index contributed by atoms with van der Waals surface area (Å²) < 4.78 is 37.6. The first-order chi connectivity index (χ1) is 9.42. The molecule has 0 aliphatic rings. The highest BCUT2D eigenvalue weighted by Crippen LogP contribution is 2.36. The molecular formula is C14H11BrF3NS. The number of benzene rings is 2. The van der Waals surface area contributed by atoms with Gasteiger partial charge in [-0.25, -0.2) is 0 Å². The van der Waals surface area contributed by atoms with Gasteiger partial charge in [-0.3, -0.25) is 0 Å². The van der Waals surface area contributed by atoms with Crippen molar-refractivity contribution in [3.05, 3.63) is 58.6 Å². The highest BCUT2D eigenvalue weighted by molar-refractivity contribution is 9.10. The second kappa shape index (κ2) is 6.54. The van der Waals surface area contributed by atoms with Crippen LogP contribution in [-0.4, -0.2) is 5.51 Å². The van der Waals surface area contributed by atoms with Crippen LogP contribution in [0.15, 0.2) is 57.9 Å². The van der Waals surface area contributed by atoms with E-state index in [1.165, 1.54) is 12.1 Å². The second-order valence-corrected chi connectivity index (χ2v) is 6.11. The molecule has 0 bridgehead atoms. The summed E-state index contributed by atoms with van der Waals surface area (Å²) >= 11 is 3.25. The maximum atomic E-state index is 12.2. The van der Waals surface area contributed by atoms with E-state index in [4.69, 9.17) is 0 Å². The molecule has 0 aromatic heterocycles. The highest BCUT2D eigenvalue weighted by Gasteiger charge is 2.28. The Morgan fingerprint density at radius 2 is 1.55 bits per heavy atom. The van der Waals surface area contributed by atoms with Crippen LogP contribution in [-0.2, 0) is 6.54 Å². The number of halogens is 4. The van der Waals surface area contributed by atoms with Gasteiger partial charge in [0.05, 0.1) is 0 Å². The molecule has 0 fully saturated rings. The van der Waals surface area contributed by atoms with Gasteiger partial charge < -0.3 is 5.32 Å². The molecule has 0 atom stereocenters. The Morgan fingerprint density at radius 3 is 2.10 bits per heavy atom. The summed E-state index contributed by atoms with van der Waals surface area (Å²) in [5.41, 5.74) is -2.35. The molecule has 2 aromatic carbocycles. The van der Waals surface area contributed by atoms with Crippen molar-refractivity contribution in [1.82, 2.24) is 0 Å². The lowest BCUT2D eigenvalue weighted by Gasteiger charge is -2.08. The summed E-state index contributed by atoms with van der Waals surface area (Å²) in [5.74, 6) is 0. The summed E-state index contributed by atoms with van der Waals surface area (Å²) in [5, 5.41) is 3.21. The van der Waals surface area contributed by atoms with E-state index < -0.39 is 5.51 Å². The summed E-state index contributed by atoms with van der Waals surface area (Å²) in [6.45, 7) is 0.568. The van der Waals surface area contributed by atoms with Gasteiger partial charge in [0.1, 0.15) is 0 Å². The summed E-state index contributed by atoms with van der Waals surface area (Å²) in [7, 11) is 0. The number of rotatable bonds is 4. The van der Waals surface area contributed by atoms with Crippen LogP contribution in [0.2, 0.25) is 0 Å². The first-order valence-corrected chi connectivity index (χ1v) is 7.37. The molecule has 2 aromatic rings. The molecule has 2 rings (SSSR count). The molecule has 0 amide bonds. The lowest BCUT2D eigenvalue weighted by molar-refractivity contribution is -0.0328. The van der Waals surface area contributed by atoms with Crippen molar-refractivity contribution in [2.24, 2.45) is 0 Å². The zero-order chi connectivity index (χ0) is 14.6. The zero-order valence-corrected chi connectivity index (χ0v) is 12.6. The van der Waals surface area contributed by atoms with Gasteiger partial charge >= 0.3 is 5.51 Å². The third-order valence-electron chi connectivity index (χ3n) is 2.50. The lowest BCUT2D eigenvalue weighted by Crippen LogP contribution is -2.00. The standard InChI is InChI=1S/C14H11BrF3NS/c15-11-3-5-12(6-4-11)19-9-10-1-7-13(8-2-10)20-14(16,17)18/h1-8,19H,9H2. The smallest absolute Gasteiger partial charge is 0.381 e. The number of alkyl halides is 3. The van der Waals surface area contributed by atoms with Gasteiger partial charge in [0.2, 0.25) is 0 Å². The van der Waals surface area contributed by atoms with Gasteiger partial charge in [0, 0.05) is 21.6 Å². The minimum Gasteiger partial charge on any atom is -0.381 e. The van der Waals surface area contributed by atoms with Crippen LogP contribution in [0.25, 0.3) is 0 Å². The van der Waals surface area contributed by atoms with Gasteiger partial charge in [-0.15, -0.1) is 0 Å². The lowest BCUT2D eigenvalue weighted by atomic mass is 10.2. The topological polar surface area (TPSA) is 12.0 Å². The molecule has 0 radical (unpaired) electrons. The fourth-order valence-corrected chi connectivity index (χ4v) is 2.38. The van der Waals surface area contributed by atoms with E-state index >= 15 is 0 Å². The molecule has 0 spiro atoms. The Bertz CT molecular complexity index is 552. The first-order valence-electron chi connectivity index (χ1n) is 5.76. The predicted molar refractivity (Wildman–Crippen MR) is 79.8 cm³/mol. The molecule has 0 unspecified atom stereocenters. The van der Waals surface area contributed by atoms with Crippen molar-refractivity contribution in [3.8, 4) is 0 Å². The Morgan fingerprint density at radius 1 is 0.950 bits per heavy atom. The number of hydrogen-bond acceptors (Lipinski definition) is 2. The van der Waals surface area contributed by atoms with Crippen molar-refractivity contribution in [1.29, 1.82) is 0 Å². The molecule has 20 heavy (non-hydrogen) atoms. The molecule has 1 N–H and O–H groups in total. The molecule has 106 valence electrons. The Hall–Kier alpha value is -1.14. The number of nitrogens with one attached hydrogen (secondary N) is 1. The van der Waals surface area contributed by atoms with Crippen LogP contribution >= 0.6 is 27.7 Å². The normalized spacial score (nSPS) is 11.4. The van der Waals surface area contributed by atoms with E-state index in [0.29, 0.717) is 6.54 Å². The maximum absolute atomic E-state index is 12.2. The van der Waals surface area contributed by atoms with Gasteiger partial charge in [-0.2, -0.15) is 13.2 Å². The molecule has 0 aliphatic heterocycles. The molecule has 0 heterocycles. The largest absolute Gasteiger partial charge is 0.446 e. The predicted octanol–water partition coefficient (Wildman–Crippen LogP) is 5.67. The third kappa shape index (κ3) is 5.09. The van der Waals surface area contributed by atoms with E-state index in [2.05, 4.69) is 21.2 Å². The molecule has 0 saturated heterocycles. The van der Waals surface area contributed by atoms with Crippen LogP contribution < -0.4 is 5.32 Å². The molecule has 0 saturated carbocycles. The maximum Gasteiger partial charge on any atom is 0.446 e. The van der Waals surface area contributed by atoms with E-state index in [1.807, 2.05) is 24.3 Å². The van der Waals surface area contributed by atoms with E-state index in [9.17, 15) is 13.2 Å². The average molecular weight is 362 g/mol. The van der Waals surface area contributed by atoms with E-state index in [1.54, 1.807) is 12.1 Å². The molecule has 6 heteroatoms. The summed E-state index contributed by atoms with van der Waals surface area (Å²) in [4.78, 5) is 0.199. The quantitative estimate of drug-likeness (QED) is 0.703. The van der Waals surface area contributed by atoms with Crippen molar-refractivity contribution in [2.75, 3.05) is 5.32 Å². The van der Waals surface area contributed by atoms with Crippen molar-refractivity contribution < 1.29 is 13.2 Å². The van der Waals surface area contributed by atoms with Crippen LogP contribution in [0, 0.1) is 0 Å². The van der Waals surface area contributed by atoms with Gasteiger partial charge in [-0.1, -0.05) is 28.1 Å². The minimum absolute atomic E-state index is 0.100.